The molecule has 2 rings (SSSR count). The Kier molecular flexibility index (Phi) is 4.42. The van der Waals surface area contributed by atoms with Gasteiger partial charge in [-0.2, -0.15) is 0 Å². The molecule has 0 bridgehead atoms. The molecule has 0 amide bonds. The van der Waals surface area contributed by atoms with Gasteiger partial charge in [0.2, 0.25) is 0 Å². The van der Waals surface area contributed by atoms with Crippen molar-refractivity contribution in [2.45, 2.75) is 39.2 Å². The van der Waals surface area contributed by atoms with Crippen LogP contribution >= 0.6 is 15.9 Å². The van der Waals surface area contributed by atoms with Crippen LogP contribution in [0.15, 0.2) is 22.7 Å². The second-order valence-corrected chi connectivity index (χ2v) is 7.58. The number of nitrogens with two attached hydrogens (primary N) is 1. The van der Waals surface area contributed by atoms with Gasteiger partial charge in [0, 0.05) is 28.1 Å². The predicted octanol–water partition coefficient (Wildman–Crippen LogP) is 3.03. The topological polar surface area (TPSA) is 89.4 Å². The monoisotopic (exact) mass is 356 g/mol. The van der Waals surface area contributed by atoms with Gasteiger partial charge in [-0.3, -0.25) is 10.1 Å². The van der Waals surface area contributed by atoms with E-state index in [1.54, 1.807) is 12.1 Å². The van der Waals surface area contributed by atoms with Crippen LogP contribution in [-0.4, -0.2) is 22.7 Å². The summed E-state index contributed by atoms with van der Waals surface area (Å²) in [6.45, 7) is 4.36. The van der Waals surface area contributed by atoms with Gasteiger partial charge in [0.25, 0.3) is 5.69 Å². The highest BCUT2D eigenvalue weighted by atomic mass is 79.9. The molecule has 21 heavy (non-hydrogen) atoms. The zero-order valence-electron chi connectivity index (χ0n) is 12.3. The molecule has 116 valence electrons. The quantitative estimate of drug-likeness (QED) is 0.640. The summed E-state index contributed by atoms with van der Waals surface area (Å²) in [5, 5.41) is 21.9. The molecule has 0 saturated heterocycles. The summed E-state index contributed by atoms with van der Waals surface area (Å²) in [6.07, 6.45) is 1.52. The Balaban J connectivity index is 2.39. The molecule has 0 spiro atoms. The maximum Gasteiger partial charge on any atom is 0.273 e. The molecule has 0 aromatic heterocycles. The van der Waals surface area contributed by atoms with E-state index in [-0.39, 0.29) is 16.0 Å². The zero-order valence-corrected chi connectivity index (χ0v) is 13.9. The molecule has 5 nitrogen and oxygen atoms in total. The average Bonchev–Trinajstić information content (AvgIpc) is 2.65. The highest BCUT2D eigenvalue weighted by Crippen LogP contribution is 2.51. The van der Waals surface area contributed by atoms with Crippen molar-refractivity contribution >= 4 is 21.6 Å². The van der Waals surface area contributed by atoms with Crippen molar-refractivity contribution in [1.82, 2.24) is 0 Å². The normalized spacial score (nSPS) is 27.8. The van der Waals surface area contributed by atoms with Crippen LogP contribution in [0.1, 0.15) is 32.3 Å². The van der Waals surface area contributed by atoms with Crippen LogP contribution in [0.4, 0.5) is 5.69 Å². The molecule has 1 aliphatic rings. The third-order valence-electron chi connectivity index (χ3n) is 4.78. The molecule has 0 radical (unpaired) electrons. The Hall–Kier alpha value is -0.980. The van der Waals surface area contributed by atoms with E-state index < -0.39 is 11.5 Å². The fraction of sp³-hybridized carbons (Fsp3) is 0.600. The van der Waals surface area contributed by atoms with Crippen LogP contribution in [-0.2, 0) is 6.42 Å². The second-order valence-electron chi connectivity index (χ2n) is 6.66. The lowest BCUT2D eigenvalue weighted by Crippen LogP contribution is -2.44. The molecule has 6 heteroatoms. The molecular weight excluding hydrogens is 336 g/mol. The van der Waals surface area contributed by atoms with E-state index in [0.29, 0.717) is 23.0 Å². The third kappa shape index (κ3) is 2.98. The van der Waals surface area contributed by atoms with E-state index in [9.17, 15) is 15.2 Å². The third-order valence-corrected chi connectivity index (χ3v) is 5.27. The van der Waals surface area contributed by atoms with Crippen molar-refractivity contribution in [3.05, 3.63) is 38.3 Å². The second kappa shape index (κ2) is 5.66. The lowest BCUT2D eigenvalue weighted by molar-refractivity contribution is -0.385. The van der Waals surface area contributed by atoms with E-state index >= 15 is 0 Å². The van der Waals surface area contributed by atoms with E-state index in [4.69, 9.17) is 5.73 Å². The van der Waals surface area contributed by atoms with E-state index in [1.165, 1.54) is 6.07 Å². The number of halogens is 1. The van der Waals surface area contributed by atoms with Crippen LogP contribution in [0.3, 0.4) is 0 Å². The first-order chi connectivity index (χ1) is 9.72. The number of rotatable bonds is 4. The van der Waals surface area contributed by atoms with Crippen molar-refractivity contribution in [3.8, 4) is 0 Å². The Bertz CT molecular complexity index is 562. The smallest absolute Gasteiger partial charge is 0.273 e. The maximum atomic E-state index is 11.2. The summed E-state index contributed by atoms with van der Waals surface area (Å²) >= 11 is 3.26. The molecule has 1 aromatic rings. The van der Waals surface area contributed by atoms with Gasteiger partial charge < -0.3 is 10.8 Å². The number of nitrogens with zero attached hydrogens (tertiary/aromatic N) is 1. The van der Waals surface area contributed by atoms with Crippen LogP contribution in [0.2, 0.25) is 0 Å². The zero-order chi connectivity index (χ0) is 15.8. The van der Waals surface area contributed by atoms with Crippen molar-refractivity contribution < 1.29 is 10.0 Å². The van der Waals surface area contributed by atoms with Crippen LogP contribution in [0.25, 0.3) is 0 Å². The SMILES string of the molecule is CC1(C)CCC(CN)(Cc2ccc(Br)cc2[N+](=O)[O-])C1O. The Morgan fingerprint density at radius 2 is 2.14 bits per heavy atom. The molecule has 1 saturated carbocycles. The molecule has 1 fully saturated rings. The fourth-order valence-electron chi connectivity index (χ4n) is 3.38. The minimum absolute atomic E-state index is 0.0779. The largest absolute Gasteiger partial charge is 0.392 e. The first-order valence-electron chi connectivity index (χ1n) is 7.03. The standard InChI is InChI=1S/C15H21BrN2O3/c1-14(2)5-6-15(9-17,13(14)19)8-10-3-4-11(16)7-12(10)18(20)21/h3-4,7,13,19H,5-6,8-9,17H2,1-2H3. The molecule has 3 N–H and O–H groups in total. The average molecular weight is 357 g/mol. The Morgan fingerprint density at radius 3 is 2.62 bits per heavy atom. The van der Waals surface area contributed by atoms with Crippen molar-refractivity contribution in [2.75, 3.05) is 6.54 Å². The van der Waals surface area contributed by atoms with Gasteiger partial charge >= 0.3 is 0 Å². The summed E-state index contributed by atoms with van der Waals surface area (Å²) in [6, 6.07) is 5.04. The highest BCUT2D eigenvalue weighted by molar-refractivity contribution is 9.10. The number of aliphatic hydroxyl groups is 1. The van der Waals surface area contributed by atoms with Gasteiger partial charge in [0.05, 0.1) is 11.0 Å². The van der Waals surface area contributed by atoms with Crippen LogP contribution < -0.4 is 5.73 Å². The molecule has 2 unspecified atom stereocenters. The number of hydrogen-bond acceptors (Lipinski definition) is 4. The van der Waals surface area contributed by atoms with Crippen molar-refractivity contribution in [3.63, 3.8) is 0 Å². The molecule has 1 aliphatic carbocycles. The molecule has 2 atom stereocenters. The van der Waals surface area contributed by atoms with Gasteiger partial charge in [-0.05, 0) is 30.7 Å². The Morgan fingerprint density at radius 1 is 1.48 bits per heavy atom. The summed E-state index contributed by atoms with van der Waals surface area (Å²) in [5.41, 5.74) is 5.96. The molecule has 0 heterocycles. The van der Waals surface area contributed by atoms with Gasteiger partial charge in [-0.25, -0.2) is 0 Å². The van der Waals surface area contributed by atoms with E-state index in [0.717, 1.165) is 12.8 Å². The number of nitro groups is 1. The number of hydrogen-bond donors (Lipinski definition) is 2. The lowest BCUT2D eigenvalue weighted by atomic mass is 9.74. The van der Waals surface area contributed by atoms with Crippen molar-refractivity contribution in [2.24, 2.45) is 16.6 Å². The lowest BCUT2D eigenvalue weighted by Gasteiger charge is -2.36. The van der Waals surface area contributed by atoms with Gasteiger partial charge in [0.1, 0.15) is 0 Å². The molecule has 1 aromatic carbocycles. The number of aliphatic hydroxyl groups excluding tert-OH is 1. The van der Waals surface area contributed by atoms with Crippen LogP contribution in [0, 0.1) is 20.9 Å². The van der Waals surface area contributed by atoms with Gasteiger partial charge in [0.15, 0.2) is 0 Å². The number of benzene rings is 1. The highest BCUT2D eigenvalue weighted by Gasteiger charge is 2.51. The minimum Gasteiger partial charge on any atom is -0.392 e. The first-order valence-corrected chi connectivity index (χ1v) is 7.82. The van der Waals surface area contributed by atoms with Gasteiger partial charge in [-0.15, -0.1) is 0 Å². The summed E-state index contributed by atoms with van der Waals surface area (Å²) < 4.78 is 0.673. The van der Waals surface area contributed by atoms with Crippen molar-refractivity contribution in [1.29, 1.82) is 0 Å². The maximum absolute atomic E-state index is 11.2. The van der Waals surface area contributed by atoms with E-state index in [2.05, 4.69) is 15.9 Å². The summed E-state index contributed by atoms with van der Waals surface area (Å²) in [5.74, 6) is 0. The van der Waals surface area contributed by atoms with Gasteiger partial charge in [-0.1, -0.05) is 35.8 Å². The molecular formula is C15H21BrN2O3. The molecule has 0 aliphatic heterocycles. The summed E-state index contributed by atoms with van der Waals surface area (Å²) in [7, 11) is 0. The number of nitro benzene ring substituents is 1. The van der Waals surface area contributed by atoms with E-state index in [1.807, 2.05) is 13.8 Å². The Labute approximate surface area is 132 Å². The fourth-order valence-corrected chi connectivity index (χ4v) is 3.73. The minimum atomic E-state index is -0.557. The van der Waals surface area contributed by atoms with Crippen LogP contribution in [0.5, 0.6) is 0 Å². The summed E-state index contributed by atoms with van der Waals surface area (Å²) in [4.78, 5) is 10.9. The first kappa shape index (κ1) is 16.4. The predicted molar refractivity (Wildman–Crippen MR) is 85.0 cm³/mol.